The van der Waals surface area contributed by atoms with Crippen LogP contribution in [0.3, 0.4) is 0 Å². The molecule has 0 bridgehead atoms. The molecule has 0 unspecified atom stereocenters. The van der Waals surface area contributed by atoms with Gasteiger partial charge in [-0.1, -0.05) is 60.7 Å². The van der Waals surface area contributed by atoms with Crippen LogP contribution in [0.15, 0.2) is 97.1 Å². The lowest BCUT2D eigenvalue weighted by Gasteiger charge is -2.41. The predicted molar refractivity (Wildman–Crippen MR) is 215 cm³/mol. The van der Waals surface area contributed by atoms with Gasteiger partial charge in [-0.25, -0.2) is 0 Å². The lowest BCUT2D eigenvalue weighted by Crippen LogP contribution is -2.43. The van der Waals surface area contributed by atoms with E-state index < -0.39 is 0 Å². The van der Waals surface area contributed by atoms with E-state index in [-0.39, 0.29) is 23.7 Å². The van der Waals surface area contributed by atoms with Crippen molar-refractivity contribution in [3.63, 3.8) is 0 Å². The molecular weight excluding hydrogens is 669 g/mol. The predicted octanol–water partition coefficient (Wildman–Crippen LogP) is 7.98. The van der Waals surface area contributed by atoms with Gasteiger partial charge in [0.15, 0.2) is 0 Å². The number of carbonyl (C=O) groups is 2. The molecule has 5 aliphatic rings. The van der Waals surface area contributed by atoms with Gasteiger partial charge in [0.1, 0.15) is 5.75 Å². The summed E-state index contributed by atoms with van der Waals surface area (Å²) in [5, 5.41) is 12.7. The largest absolute Gasteiger partial charge is 0.508 e. The van der Waals surface area contributed by atoms with Gasteiger partial charge in [-0.05, 0) is 139 Å². The standard InChI is InChI=1S/C47H54N4O3/c52-40-15-17-42-37(30-40)10-16-41(34-4-2-1-3-5-34)45(42)36-8-13-38(14-9-36)50-25-20-33(21-26-50)31-49-27-22-47(32-49)23-28-51(29-24-47)39-11-6-35(7-12-39)43-18-19-44(53)48-46(43)54/h1-9,11-15,17,30,33,41,43,45,52H,10,16,18-29,31-32H2,(H,48,53,54)/t41-,43+,45+/m1/s1. The Bertz CT molecular complexity index is 1950. The number of piperidine rings is 3. The van der Waals surface area contributed by atoms with Crippen LogP contribution < -0.4 is 15.1 Å². The van der Waals surface area contributed by atoms with Crippen molar-refractivity contribution in [3.05, 3.63) is 125 Å². The molecule has 4 aromatic rings. The molecule has 1 aliphatic carbocycles. The van der Waals surface area contributed by atoms with Crippen molar-refractivity contribution in [1.29, 1.82) is 0 Å². The maximum absolute atomic E-state index is 12.3. The van der Waals surface area contributed by atoms with E-state index in [4.69, 9.17) is 0 Å². The number of aromatic hydroxyl groups is 1. The molecule has 4 heterocycles. The molecule has 2 N–H and O–H groups in total. The van der Waals surface area contributed by atoms with Crippen molar-refractivity contribution in [2.24, 2.45) is 11.3 Å². The zero-order valence-electron chi connectivity index (χ0n) is 31.5. The second kappa shape index (κ2) is 14.9. The molecule has 9 rings (SSSR count). The third kappa shape index (κ3) is 7.15. The van der Waals surface area contributed by atoms with Crippen LogP contribution in [0.5, 0.6) is 5.75 Å². The summed E-state index contributed by atoms with van der Waals surface area (Å²) in [6.45, 7) is 8.13. The average Bonchev–Trinajstić information content (AvgIpc) is 3.59. The van der Waals surface area contributed by atoms with E-state index in [9.17, 15) is 14.7 Å². The first-order valence-electron chi connectivity index (χ1n) is 20.5. The van der Waals surface area contributed by atoms with Crippen molar-refractivity contribution in [1.82, 2.24) is 10.2 Å². The first-order valence-corrected chi connectivity index (χ1v) is 20.5. The monoisotopic (exact) mass is 722 g/mol. The second-order valence-corrected chi connectivity index (χ2v) is 17.0. The van der Waals surface area contributed by atoms with E-state index in [2.05, 4.69) is 105 Å². The summed E-state index contributed by atoms with van der Waals surface area (Å²) in [6, 6.07) is 34.9. The fraction of sp³-hybridized carbons (Fsp3) is 0.447. The highest BCUT2D eigenvalue weighted by molar-refractivity contribution is 6.00. The van der Waals surface area contributed by atoms with Crippen LogP contribution in [-0.2, 0) is 16.0 Å². The van der Waals surface area contributed by atoms with E-state index in [1.54, 1.807) is 0 Å². The third-order valence-corrected chi connectivity index (χ3v) is 13.8. The second-order valence-electron chi connectivity index (χ2n) is 17.0. The van der Waals surface area contributed by atoms with Crippen molar-refractivity contribution in [3.8, 4) is 5.75 Å². The molecule has 4 aliphatic heterocycles. The molecule has 4 fully saturated rings. The fourth-order valence-electron chi connectivity index (χ4n) is 10.7. The number of nitrogens with zero attached hydrogens (tertiary/aromatic N) is 3. The molecule has 7 nitrogen and oxygen atoms in total. The summed E-state index contributed by atoms with van der Waals surface area (Å²) >= 11 is 0. The quantitative estimate of drug-likeness (QED) is 0.189. The molecule has 2 amide bonds. The van der Waals surface area contributed by atoms with Gasteiger partial charge < -0.3 is 19.8 Å². The summed E-state index contributed by atoms with van der Waals surface area (Å²) in [5.41, 5.74) is 9.45. The van der Waals surface area contributed by atoms with E-state index >= 15 is 0 Å². The summed E-state index contributed by atoms with van der Waals surface area (Å²) < 4.78 is 0. The molecule has 0 saturated carbocycles. The van der Waals surface area contributed by atoms with Gasteiger partial charge >= 0.3 is 0 Å². The van der Waals surface area contributed by atoms with E-state index in [1.807, 2.05) is 12.1 Å². The number of nitrogens with one attached hydrogen (secondary N) is 1. The van der Waals surface area contributed by atoms with Crippen LogP contribution in [0.1, 0.15) is 96.9 Å². The average molecular weight is 723 g/mol. The number of rotatable bonds is 7. The summed E-state index contributed by atoms with van der Waals surface area (Å²) in [7, 11) is 0. The van der Waals surface area contributed by atoms with Crippen LogP contribution >= 0.6 is 0 Å². The number of phenolic OH excluding ortho intramolecular Hbond substituents is 1. The molecule has 4 saturated heterocycles. The molecule has 0 radical (unpaired) electrons. The van der Waals surface area contributed by atoms with Gasteiger partial charge in [-0.15, -0.1) is 0 Å². The summed E-state index contributed by atoms with van der Waals surface area (Å²) in [4.78, 5) is 31.8. The number of hydrogen-bond donors (Lipinski definition) is 2. The Hall–Kier alpha value is -4.62. The lowest BCUT2D eigenvalue weighted by molar-refractivity contribution is -0.134. The lowest BCUT2D eigenvalue weighted by atomic mass is 9.69. The minimum atomic E-state index is -0.221. The third-order valence-electron chi connectivity index (χ3n) is 13.8. The Morgan fingerprint density at radius 1 is 0.667 bits per heavy atom. The molecule has 3 atom stereocenters. The highest BCUT2D eigenvalue weighted by Gasteiger charge is 2.41. The Morgan fingerprint density at radius 3 is 2.04 bits per heavy atom. The van der Waals surface area contributed by atoms with Crippen LogP contribution in [0, 0.1) is 11.3 Å². The SMILES string of the molecule is O=C1CC[C@@H](c2ccc(N3CCC4(CCN(CC5CCN(c6ccc([C@@H]7c8ccc(O)cc8CC[C@@H]7c7ccccc7)cc6)CC5)C4)CC3)cc2)C(=O)N1. The van der Waals surface area contributed by atoms with Gasteiger partial charge in [0.2, 0.25) is 11.8 Å². The first kappa shape index (κ1) is 35.1. The number of likely N-dealkylation sites (tertiary alicyclic amines) is 1. The Morgan fingerprint density at radius 2 is 1.33 bits per heavy atom. The number of anilines is 2. The van der Waals surface area contributed by atoms with E-state index in [0.717, 1.165) is 50.5 Å². The number of benzene rings is 4. The highest BCUT2D eigenvalue weighted by atomic mass is 16.3. The number of hydrogen-bond acceptors (Lipinski definition) is 6. The molecule has 7 heteroatoms. The topological polar surface area (TPSA) is 76.1 Å². The Kier molecular flexibility index (Phi) is 9.69. The molecule has 4 aromatic carbocycles. The van der Waals surface area contributed by atoms with Crippen molar-refractivity contribution in [2.45, 2.75) is 75.5 Å². The van der Waals surface area contributed by atoms with Crippen LogP contribution in [0.2, 0.25) is 0 Å². The van der Waals surface area contributed by atoms with E-state index in [0.29, 0.717) is 29.9 Å². The van der Waals surface area contributed by atoms with Crippen LogP contribution in [-0.4, -0.2) is 67.6 Å². The zero-order chi connectivity index (χ0) is 36.6. The molecule has 0 aromatic heterocycles. The minimum absolute atomic E-state index is 0.160. The molecular formula is C47H54N4O3. The van der Waals surface area contributed by atoms with Crippen molar-refractivity contribution >= 4 is 23.2 Å². The summed E-state index contributed by atoms with van der Waals surface area (Å²) in [6.07, 6.45) is 9.41. The fourth-order valence-corrected chi connectivity index (χ4v) is 10.7. The normalized spacial score (nSPS) is 24.8. The van der Waals surface area contributed by atoms with Gasteiger partial charge in [-0.3, -0.25) is 14.9 Å². The maximum Gasteiger partial charge on any atom is 0.234 e. The number of fused-ring (bicyclic) bond motifs is 1. The summed E-state index contributed by atoms with van der Waals surface area (Å²) in [5.74, 6) is 1.29. The zero-order valence-corrected chi connectivity index (χ0v) is 31.5. The number of phenols is 1. The maximum atomic E-state index is 12.3. The smallest absolute Gasteiger partial charge is 0.234 e. The minimum Gasteiger partial charge on any atom is -0.508 e. The molecule has 54 heavy (non-hydrogen) atoms. The van der Waals surface area contributed by atoms with Crippen LogP contribution in [0.25, 0.3) is 0 Å². The van der Waals surface area contributed by atoms with Crippen molar-refractivity contribution in [2.75, 3.05) is 55.6 Å². The number of imide groups is 1. The van der Waals surface area contributed by atoms with Gasteiger partial charge in [0, 0.05) is 63.0 Å². The first-order chi connectivity index (χ1) is 26.4. The van der Waals surface area contributed by atoms with Gasteiger partial charge in [-0.2, -0.15) is 0 Å². The number of aryl methyl sites for hydroxylation is 1. The Labute approximate surface area is 320 Å². The highest BCUT2D eigenvalue weighted by Crippen LogP contribution is 2.47. The number of carbonyl (C=O) groups excluding carboxylic acids is 2. The van der Waals surface area contributed by atoms with Crippen LogP contribution in [0.4, 0.5) is 11.4 Å². The molecule has 280 valence electrons. The molecule has 1 spiro atoms. The van der Waals surface area contributed by atoms with Gasteiger partial charge in [0.25, 0.3) is 0 Å². The van der Waals surface area contributed by atoms with E-state index in [1.165, 1.54) is 85.4 Å². The van der Waals surface area contributed by atoms with Gasteiger partial charge in [0.05, 0.1) is 5.92 Å². The van der Waals surface area contributed by atoms with Crippen molar-refractivity contribution < 1.29 is 14.7 Å². The number of amides is 2. The Balaban J connectivity index is 0.768.